The van der Waals surface area contributed by atoms with Gasteiger partial charge in [0.15, 0.2) is 0 Å². The molecular formula is C16H18O4. The third-order valence-corrected chi connectivity index (χ3v) is 3.39. The Bertz CT molecular complexity index is 572. The summed E-state index contributed by atoms with van der Waals surface area (Å²) in [7, 11) is 0. The lowest BCUT2D eigenvalue weighted by Gasteiger charge is -2.14. The summed E-state index contributed by atoms with van der Waals surface area (Å²) in [5.74, 6) is -1.52. The summed E-state index contributed by atoms with van der Waals surface area (Å²) in [6, 6.07) is 7.50. The van der Waals surface area contributed by atoms with Gasteiger partial charge < -0.3 is 9.47 Å². The van der Waals surface area contributed by atoms with Gasteiger partial charge in [0.25, 0.3) is 0 Å². The number of carbonyl (C=O) groups excluding carboxylic acids is 2. The second-order valence-electron chi connectivity index (χ2n) is 4.53. The van der Waals surface area contributed by atoms with Crippen LogP contribution >= 0.6 is 0 Å². The van der Waals surface area contributed by atoms with Crippen molar-refractivity contribution in [2.45, 2.75) is 26.7 Å². The van der Waals surface area contributed by atoms with Crippen LogP contribution in [0.1, 0.15) is 37.8 Å². The third-order valence-electron chi connectivity index (χ3n) is 3.39. The van der Waals surface area contributed by atoms with E-state index in [4.69, 9.17) is 9.47 Å². The molecule has 0 aliphatic heterocycles. The molecule has 1 unspecified atom stereocenters. The fourth-order valence-corrected chi connectivity index (χ4v) is 2.56. The quantitative estimate of drug-likeness (QED) is 0.792. The highest BCUT2D eigenvalue weighted by atomic mass is 16.5. The van der Waals surface area contributed by atoms with Gasteiger partial charge >= 0.3 is 11.9 Å². The number of allylic oxidation sites excluding steroid dienone is 1. The van der Waals surface area contributed by atoms with Gasteiger partial charge in [0.05, 0.1) is 18.8 Å². The van der Waals surface area contributed by atoms with Crippen LogP contribution in [-0.4, -0.2) is 25.2 Å². The van der Waals surface area contributed by atoms with Gasteiger partial charge in [0.1, 0.15) is 5.92 Å². The van der Waals surface area contributed by atoms with Crippen molar-refractivity contribution in [3.8, 4) is 0 Å². The second kappa shape index (κ2) is 5.90. The Morgan fingerprint density at radius 1 is 1.10 bits per heavy atom. The predicted octanol–water partition coefficient (Wildman–Crippen LogP) is 2.68. The van der Waals surface area contributed by atoms with E-state index in [1.807, 2.05) is 31.2 Å². The van der Waals surface area contributed by atoms with Gasteiger partial charge in [-0.1, -0.05) is 24.3 Å². The van der Waals surface area contributed by atoms with Crippen LogP contribution in [0.25, 0.3) is 5.57 Å². The van der Waals surface area contributed by atoms with E-state index in [2.05, 4.69) is 0 Å². The van der Waals surface area contributed by atoms with E-state index in [-0.39, 0.29) is 13.2 Å². The van der Waals surface area contributed by atoms with E-state index < -0.39 is 17.9 Å². The highest BCUT2D eigenvalue weighted by Crippen LogP contribution is 2.42. The Morgan fingerprint density at radius 3 is 2.40 bits per heavy atom. The molecule has 0 radical (unpaired) electrons. The molecule has 0 spiro atoms. The first-order valence-corrected chi connectivity index (χ1v) is 6.75. The molecule has 0 heterocycles. The van der Waals surface area contributed by atoms with Crippen molar-refractivity contribution >= 4 is 17.5 Å². The van der Waals surface area contributed by atoms with Crippen LogP contribution < -0.4 is 0 Å². The first kappa shape index (κ1) is 14.3. The highest BCUT2D eigenvalue weighted by molar-refractivity contribution is 6.08. The predicted molar refractivity (Wildman–Crippen MR) is 75.0 cm³/mol. The van der Waals surface area contributed by atoms with Crippen LogP contribution in [0.3, 0.4) is 0 Å². The van der Waals surface area contributed by atoms with Crippen molar-refractivity contribution in [3.63, 3.8) is 0 Å². The molecule has 0 bridgehead atoms. The van der Waals surface area contributed by atoms with Crippen LogP contribution in [0.5, 0.6) is 0 Å². The molecule has 4 nitrogen and oxygen atoms in total. The Hall–Kier alpha value is -2.10. The van der Waals surface area contributed by atoms with Crippen molar-refractivity contribution in [2.75, 3.05) is 13.2 Å². The smallest absolute Gasteiger partial charge is 0.335 e. The first-order chi connectivity index (χ1) is 9.61. The molecule has 1 aromatic carbocycles. The summed E-state index contributed by atoms with van der Waals surface area (Å²) in [4.78, 5) is 24.4. The third kappa shape index (κ3) is 2.33. The minimum atomic E-state index is -0.676. The van der Waals surface area contributed by atoms with Gasteiger partial charge in [-0.25, -0.2) is 4.79 Å². The lowest BCUT2D eigenvalue weighted by Crippen LogP contribution is -2.21. The molecule has 0 amide bonds. The molecule has 1 aliphatic rings. The van der Waals surface area contributed by atoms with Crippen molar-refractivity contribution in [3.05, 3.63) is 41.0 Å². The van der Waals surface area contributed by atoms with E-state index in [0.717, 1.165) is 16.7 Å². The van der Waals surface area contributed by atoms with Crippen LogP contribution in [0.15, 0.2) is 29.8 Å². The maximum Gasteiger partial charge on any atom is 0.335 e. The second-order valence-corrected chi connectivity index (χ2v) is 4.53. The Kier molecular flexibility index (Phi) is 4.23. The zero-order valence-corrected chi connectivity index (χ0v) is 11.9. The molecule has 0 fully saturated rings. The summed E-state index contributed by atoms with van der Waals surface area (Å²) in [5.41, 5.74) is 2.91. The maximum atomic E-state index is 12.2. The van der Waals surface area contributed by atoms with Gasteiger partial charge in [-0.05, 0) is 37.5 Å². The summed E-state index contributed by atoms with van der Waals surface area (Å²) < 4.78 is 10.2. The van der Waals surface area contributed by atoms with Crippen LogP contribution in [0.4, 0.5) is 0 Å². The number of benzene rings is 1. The van der Waals surface area contributed by atoms with E-state index >= 15 is 0 Å². The molecule has 2 rings (SSSR count). The molecule has 4 heteroatoms. The maximum absolute atomic E-state index is 12.2. The summed E-state index contributed by atoms with van der Waals surface area (Å²) in [6.45, 7) is 5.90. The molecular weight excluding hydrogens is 256 g/mol. The molecule has 0 saturated carbocycles. The van der Waals surface area contributed by atoms with Crippen LogP contribution in [0.2, 0.25) is 0 Å². The largest absolute Gasteiger partial charge is 0.465 e. The van der Waals surface area contributed by atoms with Crippen molar-refractivity contribution in [1.29, 1.82) is 0 Å². The number of hydrogen-bond acceptors (Lipinski definition) is 4. The van der Waals surface area contributed by atoms with Gasteiger partial charge in [-0.2, -0.15) is 0 Å². The van der Waals surface area contributed by atoms with E-state index in [0.29, 0.717) is 5.57 Å². The molecule has 1 aliphatic carbocycles. The topological polar surface area (TPSA) is 52.6 Å². The van der Waals surface area contributed by atoms with Gasteiger partial charge in [0.2, 0.25) is 0 Å². The Balaban J connectivity index is 2.49. The van der Waals surface area contributed by atoms with E-state index in [1.165, 1.54) is 0 Å². The van der Waals surface area contributed by atoms with Crippen LogP contribution in [0, 0.1) is 0 Å². The number of esters is 2. The monoisotopic (exact) mass is 274 g/mol. The number of hydrogen-bond donors (Lipinski definition) is 0. The van der Waals surface area contributed by atoms with Crippen molar-refractivity contribution < 1.29 is 19.1 Å². The van der Waals surface area contributed by atoms with E-state index in [1.54, 1.807) is 13.8 Å². The first-order valence-electron chi connectivity index (χ1n) is 6.75. The lowest BCUT2D eigenvalue weighted by molar-refractivity contribution is -0.147. The minimum absolute atomic E-state index is 0.279. The molecule has 0 aromatic heterocycles. The highest BCUT2D eigenvalue weighted by Gasteiger charge is 2.39. The summed E-state index contributed by atoms with van der Waals surface area (Å²) >= 11 is 0. The number of carbonyl (C=O) groups is 2. The van der Waals surface area contributed by atoms with Crippen molar-refractivity contribution in [2.24, 2.45) is 0 Å². The normalized spacial score (nSPS) is 16.9. The number of fused-ring (bicyclic) bond motifs is 1. The molecule has 1 aromatic rings. The van der Waals surface area contributed by atoms with Gasteiger partial charge in [-0.3, -0.25) is 4.79 Å². The SMILES string of the molecule is CCOC(=O)C1=C(C)c2ccccc2C1C(=O)OCC. The Morgan fingerprint density at radius 2 is 1.75 bits per heavy atom. The fourth-order valence-electron chi connectivity index (χ4n) is 2.56. The van der Waals surface area contributed by atoms with E-state index in [9.17, 15) is 9.59 Å². The fraction of sp³-hybridized carbons (Fsp3) is 0.375. The molecule has 0 N–H and O–H groups in total. The molecule has 1 atom stereocenters. The Labute approximate surface area is 118 Å². The summed E-state index contributed by atoms with van der Waals surface area (Å²) in [6.07, 6.45) is 0. The average Bonchev–Trinajstić information content (AvgIpc) is 2.73. The zero-order valence-electron chi connectivity index (χ0n) is 11.9. The lowest BCUT2D eigenvalue weighted by atomic mass is 9.96. The molecule has 0 saturated heterocycles. The number of ether oxygens (including phenoxy) is 2. The summed E-state index contributed by atoms with van der Waals surface area (Å²) in [5, 5.41) is 0. The average molecular weight is 274 g/mol. The van der Waals surface area contributed by atoms with Crippen LogP contribution in [-0.2, 0) is 19.1 Å². The number of rotatable bonds is 4. The molecule has 20 heavy (non-hydrogen) atoms. The standard InChI is InChI=1S/C16H18O4/c1-4-19-15(17)13-10(3)11-8-6-7-9-12(11)14(13)16(18)20-5-2/h6-9,14H,4-5H2,1-3H3. The molecule has 106 valence electrons. The van der Waals surface area contributed by atoms with Gasteiger partial charge in [-0.15, -0.1) is 0 Å². The minimum Gasteiger partial charge on any atom is -0.465 e. The van der Waals surface area contributed by atoms with Gasteiger partial charge in [0, 0.05) is 0 Å². The zero-order chi connectivity index (χ0) is 14.7. The van der Waals surface area contributed by atoms with Crippen molar-refractivity contribution in [1.82, 2.24) is 0 Å².